The van der Waals surface area contributed by atoms with Crippen molar-refractivity contribution in [3.63, 3.8) is 0 Å². The smallest absolute Gasteiger partial charge is 0.311 e. The van der Waals surface area contributed by atoms with Crippen molar-refractivity contribution in [2.24, 2.45) is 0 Å². The van der Waals surface area contributed by atoms with Gasteiger partial charge in [0.05, 0.1) is 24.3 Å². The maximum atomic E-state index is 12.2. The minimum Gasteiger partial charge on any atom is -0.490 e. The van der Waals surface area contributed by atoms with E-state index in [9.17, 15) is 19.7 Å². The van der Waals surface area contributed by atoms with Gasteiger partial charge in [0.1, 0.15) is 0 Å². The van der Waals surface area contributed by atoms with E-state index in [0.29, 0.717) is 18.0 Å². The van der Waals surface area contributed by atoms with Gasteiger partial charge in [-0.25, -0.2) is 0 Å². The highest BCUT2D eigenvalue weighted by molar-refractivity contribution is 7.99. The van der Waals surface area contributed by atoms with Crippen LogP contribution in [0.2, 0.25) is 0 Å². The van der Waals surface area contributed by atoms with Gasteiger partial charge < -0.3 is 14.6 Å². The molecule has 1 amide bonds. The molecule has 8 nitrogen and oxygen atoms in total. The fraction of sp³-hybridized carbons (Fsp3) is 0.182. The molecule has 0 radical (unpaired) electrons. The molecular weight excluding hydrogens is 418 g/mol. The second-order valence-corrected chi connectivity index (χ2v) is 7.65. The van der Waals surface area contributed by atoms with Crippen molar-refractivity contribution in [1.82, 2.24) is 4.57 Å². The fourth-order valence-electron chi connectivity index (χ4n) is 2.91. The molecule has 0 aliphatic rings. The number of nitrogens with one attached hydrogen (secondary N) is 1. The Labute approximate surface area is 183 Å². The first kappa shape index (κ1) is 22.1. The lowest BCUT2D eigenvalue weighted by Gasteiger charge is -2.08. The summed E-state index contributed by atoms with van der Waals surface area (Å²) in [7, 11) is 1.38. The molecule has 3 rings (SSSR count). The monoisotopic (exact) mass is 439 g/mol. The molecule has 1 aromatic heterocycles. The quantitative estimate of drug-likeness (QED) is 0.403. The Bertz CT molecular complexity index is 1130. The maximum absolute atomic E-state index is 12.2. The van der Waals surface area contributed by atoms with Gasteiger partial charge in [0.25, 0.3) is 5.56 Å². The molecule has 0 aliphatic heterocycles. The maximum Gasteiger partial charge on any atom is 0.311 e. The Hall–Kier alpha value is -3.59. The van der Waals surface area contributed by atoms with E-state index in [2.05, 4.69) is 5.32 Å². The number of benzene rings is 2. The number of pyridine rings is 1. The van der Waals surface area contributed by atoms with E-state index < -0.39 is 4.92 Å². The number of nitro benzene ring substituents is 1. The van der Waals surface area contributed by atoms with Crippen LogP contribution in [-0.2, 0) is 17.1 Å². The van der Waals surface area contributed by atoms with Crippen molar-refractivity contribution < 1.29 is 14.5 Å². The summed E-state index contributed by atoms with van der Waals surface area (Å²) in [6.07, 6.45) is 1.73. The van der Waals surface area contributed by atoms with Gasteiger partial charge in [-0.1, -0.05) is 24.3 Å². The number of nitro groups is 1. The van der Waals surface area contributed by atoms with Gasteiger partial charge >= 0.3 is 5.69 Å². The molecule has 31 heavy (non-hydrogen) atoms. The number of aromatic nitrogens is 1. The Kier molecular flexibility index (Phi) is 7.45. The van der Waals surface area contributed by atoms with Gasteiger partial charge in [0.2, 0.25) is 5.91 Å². The van der Waals surface area contributed by atoms with Crippen LogP contribution in [0.3, 0.4) is 0 Å². The van der Waals surface area contributed by atoms with Crippen molar-refractivity contribution in [2.75, 3.05) is 18.2 Å². The van der Waals surface area contributed by atoms with E-state index in [-0.39, 0.29) is 28.7 Å². The van der Waals surface area contributed by atoms with Crippen LogP contribution in [0.4, 0.5) is 11.4 Å². The summed E-state index contributed by atoms with van der Waals surface area (Å²) in [6, 6.07) is 17.1. The number of anilines is 1. The number of nitrogens with zero attached hydrogens (tertiary/aromatic N) is 2. The molecule has 160 valence electrons. The summed E-state index contributed by atoms with van der Waals surface area (Å²) in [5.74, 6) is 0.710. The zero-order valence-corrected chi connectivity index (χ0v) is 17.6. The van der Waals surface area contributed by atoms with E-state index in [0.717, 1.165) is 11.1 Å². The normalized spacial score (nSPS) is 10.5. The SMILES string of the molecule is COc1ccc(CSCC(=O)Nc2ccc(Cn3ccccc3=O)cc2)cc1[N+](=O)[O-]. The number of rotatable bonds is 9. The number of hydrogen-bond donors (Lipinski definition) is 1. The molecule has 0 saturated heterocycles. The summed E-state index contributed by atoms with van der Waals surface area (Å²) in [4.78, 5) is 34.6. The predicted molar refractivity (Wildman–Crippen MR) is 121 cm³/mol. The lowest BCUT2D eigenvalue weighted by atomic mass is 10.2. The van der Waals surface area contributed by atoms with E-state index in [1.807, 2.05) is 12.1 Å². The van der Waals surface area contributed by atoms with Gasteiger partial charge in [-0.05, 0) is 35.4 Å². The van der Waals surface area contributed by atoms with Crippen LogP contribution in [0.5, 0.6) is 5.75 Å². The van der Waals surface area contributed by atoms with Gasteiger partial charge in [-0.3, -0.25) is 19.7 Å². The summed E-state index contributed by atoms with van der Waals surface area (Å²) < 4.78 is 6.59. The number of methoxy groups -OCH3 is 1. The first-order chi connectivity index (χ1) is 15.0. The van der Waals surface area contributed by atoms with Crippen molar-refractivity contribution in [2.45, 2.75) is 12.3 Å². The molecule has 3 aromatic rings. The highest BCUT2D eigenvalue weighted by atomic mass is 32.2. The second-order valence-electron chi connectivity index (χ2n) is 6.67. The average Bonchev–Trinajstić information content (AvgIpc) is 2.76. The van der Waals surface area contributed by atoms with Crippen LogP contribution in [0.1, 0.15) is 11.1 Å². The molecule has 0 unspecified atom stereocenters. The number of ether oxygens (including phenoxy) is 1. The van der Waals surface area contributed by atoms with E-state index in [1.54, 1.807) is 47.2 Å². The largest absolute Gasteiger partial charge is 0.490 e. The van der Waals surface area contributed by atoms with Crippen molar-refractivity contribution in [3.8, 4) is 5.75 Å². The molecule has 1 N–H and O–H groups in total. The first-order valence-electron chi connectivity index (χ1n) is 9.39. The van der Waals surface area contributed by atoms with Crippen molar-refractivity contribution >= 4 is 29.0 Å². The van der Waals surface area contributed by atoms with Crippen molar-refractivity contribution in [3.05, 3.63) is 98.5 Å². The number of carbonyl (C=O) groups is 1. The number of amides is 1. The molecule has 0 spiro atoms. The standard InChI is InChI=1S/C22H21N3O5S/c1-30-20-10-7-17(12-19(20)25(28)29)14-31-15-21(26)23-18-8-5-16(6-9-18)13-24-11-3-2-4-22(24)27/h2-12H,13-15H2,1H3,(H,23,26). The Morgan fingerprint density at radius 3 is 2.55 bits per heavy atom. The lowest BCUT2D eigenvalue weighted by Crippen LogP contribution is -2.18. The summed E-state index contributed by atoms with van der Waals surface area (Å²) in [5, 5.41) is 13.9. The third-order valence-corrected chi connectivity index (χ3v) is 5.44. The van der Waals surface area contributed by atoms with E-state index in [4.69, 9.17) is 4.74 Å². The van der Waals surface area contributed by atoms with Crippen LogP contribution in [0.25, 0.3) is 0 Å². The Balaban J connectivity index is 1.50. The van der Waals surface area contributed by atoms with Gasteiger partial charge in [-0.15, -0.1) is 11.8 Å². The molecule has 0 atom stereocenters. The number of carbonyl (C=O) groups excluding carboxylic acids is 1. The third-order valence-electron chi connectivity index (χ3n) is 4.43. The van der Waals surface area contributed by atoms with E-state index >= 15 is 0 Å². The highest BCUT2D eigenvalue weighted by Crippen LogP contribution is 2.29. The first-order valence-corrected chi connectivity index (χ1v) is 10.5. The van der Waals surface area contributed by atoms with Gasteiger partial charge in [-0.2, -0.15) is 0 Å². The van der Waals surface area contributed by atoms with Gasteiger partial charge in [0.15, 0.2) is 5.75 Å². The van der Waals surface area contributed by atoms with Crippen LogP contribution in [0, 0.1) is 10.1 Å². The van der Waals surface area contributed by atoms with E-state index in [1.165, 1.54) is 31.0 Å². The second kappa shape index (κ2) is 10.4. The average molecular weight is 439 g/mol. The van der Waals surface area contributed by atoms with Crippen LogP contribution < -0.4 is 15.6 Å². The molecule has 0 saturated carbocycles. The number of hydrogen-bond acceptors (Lipinski definition) is 6. The molecule has 1 heterocycles. The minimum atomic E-state index is -0.489. The summed E-state index contributed by atoms with van der Waals surface area (Å²) in [5.41, 5.74) is 2.18. The predicted octanol–water partition coefficient (Wildman–Crippen LogP) is 3.69. The summed E-state index contributed by atoms with van der Waals surface area (Å²) in [6.45, 7) is 0.456. The molecule has 0 fully saturated rings. The molecule has 0 aliphatic carbocycles. The Morgan fingerprint density at radius 2 is 1.87 bits per heavy atom. The third kappa shape index (κ3) is 6.19. The zero-order chi connectivity index (χ0) is 22.2. The molecule has 2 aromatic carbocycles. The molecular formula is C22H21N3O5S. The van der Waals surface area contributed by atoms with Crippen LogP contribution in [-0.4, -0.2) is 28.3 Å². The topological polar surface area (TPSA) is 103 Å². The van der Waals surface area contributed by atoms with Gasteiger partial charge in [0, 0.05) is 29.8 Å². The minimum absolute atomic E-state index is 0.0703. The zero-order valence-electron chi connectivity index (χ0n) is 16.8. The fourth-order valence-corrected chi connectivity index (χ4v) is 3.68. The number of thioether (sulfide) groups is 1. The highest BCUT2D eigenvalue weighted by Gasteiger charge is 2.15. The van der Waals surface area contributed by atoms with Crippen molar-refractivity contribution in [1.29, 1.82) is 0 Å². The van der Waals surface area contributed by atoms with Crippen LogP contribution >= 0.6 is 11.8 Å². The van der Waals surface area contributed by atoms with Crippen LogP contribution in [0.15, 0.2) is 71.7 Å². The summed E-state index contributed by atoms with van der Waals surface area (Å²) >= 11 is 1.36. The molecule has 0 bridgehead atoms. The molecule has 9 heteroatoms. The Morgan fingerprint density at radius 1 is 1.13 bits per heavy atom. The lowest BCUT2D eigenvalue weighted by molar-refractivity contribution is -0.385.